The summed E-state index contributed by atoms with van der Waals surface area (Å²) >= 11 is 0. The summed E-state index contributed by atoms with van der Waals surface area (Å²) in [4.78, 5) is 0. The van der Waals surface area contributed by atoms with Gasteiger partial charge in [-0.1, -0.05) is 158 Å². The van der Waals surface area contributed by atoms with E-state index in [-0.39, 0.29) is 41.8 Å². The van der Waals surface area contributed by atoms with Gasteiger partial charge in [0.15, 0.2) is 0 Å². The standard InChI is InChI=1S/C44H28O/c1-3-15-29(16-4-1)31-19-7-8-21-33(31)42-34-22-9-11-24-36(34)43(37-25-12-10-23-35(37)42)39-28-27-38-32-20-13-14-26-40(32)45-44(38)41(39)30-17-5-2-6-18-30/h1-28H/i2D,5D,6D,7D,8D,17D,18D,19D,21D. The molecule has 0 radical (unpaired) electrons. The van der Waals surface area contributed by atoms with Crippen LogP contribution in [0, 0.1) is 0 Å². The molecule has 0 aliphatic heterocycles. The van der Waals surface area contributed by atoms with Gasteiger partial charge in [0, 0.05) is 16.3 Å². The third kappa shape index (κ3) is 4.02. The molecule has 1 aromatic heterocycles. The Labute approximate surface area is 274 Å². The Bertz CT molecular complexity index is 2960. The average molecular weight is 582 g/mol. The van der Waals surface area contributed by atoms with Gasteiger partial charge in [-0.05, 0) is 72.6 Å². The van der Waals surface area contributed by atoms with E-state index in [2.05, 4.69) is 0 Å². The number of hydrogen-bond donors (Lipinski definition) is 0. The van der Waals surface area contributed by atoms with Crippen LogP contribution in [0.2, 0.25) is 0 Å². The molecule has 0 bridgehead atoms. The molecule has 1 nitrogen and oxygen atoms in total. The van der Waals surface area contributed by atoms with Crippen LogP contribution >= 0.6 is 0 Å². The minimum absolute atomic E-state index is 0.0152. The molecular formula is C44H28O. The van der Waals surface area contributed by atoms with Crippen molar-refractivity contribution in [3.63, 3.8) is 0 Å². The molecule has 0 saturated heterocycles. The van der Waals surface area contributed by atoms with E-state index in [0.29, 0.717) is 55.3 Å². The normalized spacial score (nSPS) is 14.4. The summed E-state index contributed by atoms with van der Waals surface area (Å²) in [6, 6.07) is 32.8. The van der Waals surface area contributed by atoms with Crippen LogP contribution in [0.1, 0.15) is 12.3 Å². The highest BCUT2D eigenvalue weighted by molar-refractivity contribution is 6.25. The van der Waals surface area contributed by atoms with Crippen molar-refractivity contribution in [2.24, 2.45) is 0 Å². The zero-order valence-electron chi connectivity index (χ0n) is 32.9. The Kier molecular flexibility index (Phi) is 4.15. The molecule has 0 fully saturated rings. The molecule has 0 unspecified atom stereocenters. The fourth-order valence-corrected chi connectivity index (χ4v) is 6.63. The molecule has 0 N–H and O–H groups in total. The second kappa shape index (κ2) is 10.4. The number of benzene rings is 8. The van der Waals surface area contributed by atoms with Gasteiger partial charge >= 0.3 is 0 Å². The van der Waals surface area contributed by atoms with Crippen LogP contribution in [-0.2, 0) is 0 Å². The fourth-order valence-electron chi connectivity index (χ4n) is 6.63. The number of furan rings is 1. The smallest absolute Gasteiger partial charge is 0.143 e. The summed E-state index contributed by atoms with van der Waals surface area (Å²) < 4.78 is 86.2. The molecule has 0 spiro atoms. The Morgan fingerprint density at radius 3 is 1.56 bits per heavy atom. The average Bonchev–Trinajstić information content (AvgIpc) is 3.58. The predicted octanol–water partition coefficient (Wildman–Crippen LogP) is 12.6. The molecule has 9 aromatic rings. The molecule has 8 aromatic carbocycles. The highest BCUT2D eigenvalue weighted by Gasteiger charge is 2.23. The topological polar surface area (TPSA) is 13.1 Å². The third-order valence-corrected chi connectivity index (χ3v) is 8.50. The van der Waals surface area contributed by atoms with Gasteiger partial charge in [-0.15, -0.1) is 0 Å². The Hall–Kier alpha value is -5.92. The summed E-state index contributed by atoms with van der Waals surface area (Å²) in [6.45, 7) is 0. The highest BCUT2D eigenvalue weighted by Crippen LogP contribution is 2.49. The first-order valence-electron chi connectivity index (χ1n) is 19.2. The molecule has 0 aliphatic rings. The van der Waals surface area contributed by atoms with Crippen LogP contribution in [0.4, 0.5) is 0 Å². The summed E-state index contributed by atoms with van der Waals surface area (Å²) in [5, 5.41) is 4.46. The molecular weight excluding hydrogens is 544 g/mol. The van der Waals surface area contributed by atoms with Crippen molar-refractivity contribution < 1.29 is 16.8 Å². The first-order valence-corrected chi connectivity index (χ1v) is 14.7. The SMILES string of the molecule is [2H]c1c([2H])c([2H])c(-c2c(-c3c4ccccc4c(-c4c([2H])c([2H])c([2H])c([2H])c4-c4ccccc4)c4ccccc34)ccc3c2oc2ccccc23)c([2H])c1[2H]. The van der Waals surface area contributed by atoms with Gasteiger partial charge < -0.3 is 4.42 Å². The van der Waals surface area contributed by atoms with Crippen molar-refractivity contribution in [3.8, 4) is 44.5 Å². The van der Waals surface area contributed by atoms with Crippen molar-refractivity contribution in [1.82, 2.24) is 0 Å². The van der Waals surface area contributed by atoms with Crippen LogP contribution in [0.15, 0.2) is 174 Å². The zero-order valence-corrected chi connectivity index (χ0v) is 23.9. The first kappa shape index (κ1) is 18.0. The van der Waals surface area contributed by atoms with E-state index in [4.69, 9.17) is 15.4 Å². The second-order valence-corrected chi connectivity index (χ2v) is 10.9. The molecule has 1 heterocycles. The maximum Gasteiger partial charge on any atom is 0.143 e. The van der Waals surface area contributed by atoms with E-state index in [1.807, 2.05) is 115 Å². The summed E-state index contributed by atoms with van der Waals surface area (Å²) in [6.07, 6.45) is 0. The van der Waals surface area contributed by atoms with Crippen molar-refractivity contribution in [2.75, 3.05) is 0 Å². The van der Waals surface area contributed by atoms with Gasteiger partial charge in [0.1, 0.15) is 11.2 Å². The summed E-state index contributed by atoms with van der Waals surface area (Å²) in [5.74, 6) is 0. The molecule has 0 saturated carbocycles. The molecule has 1 heteroatoms. The Morgan fingerprint density at radius 1 is 0.356 bits per heavy atom. The van der Waals surface area contributed by atoms with Crippen LogP contribution in [0.25, 0.3) is 88.0 Å². The largest absolute Gasteiger partial charge is 0.455 e. The lowest BCUT2D eigenvalue weighted by molar-refractivity contribution is 0.670. The zero-order chi connectivity index (χ0) is 37.6. The second-order valence-electron chi connectivity index (χ2n) is 10.9. The third-order valence-electron chi connectivity index (χ3n) is 8.50. The van der Waals surface area contributed by atoms with Gasteiger partial charge in [-0.3, -0.25) is 0 Å². The number of fused-ring (bicyclic) bond motifs is 5. The molecule has 0 aliphatic carbocycles. The predicted molar refractivity (Wildman–Crippen MR) is 190 cm³/mol. The van der Waals surface area contributed by atoms with Crippen LogP contribution in [0.5, 0.6) is 0 Å². The fraction of sp³-hybridized carbons (Fsp3) is 0. The first-order chi connectivity index (χ1) is 26.1. The van der Waals surface area contributed by atoms with E-state index in [9.17, 15) is 1.37 Å². The number of para-hydroxylation sites is 1. The van der Waals surface area contributed by atoms with Crippen molar-refractivity contribution in [2.45, 2.75) is 0 Å². The molecule has 9 rings (SSSR count). The van der Waals surface area contributed by atoms with E-state index in [0.717, 1.165) is 27.1 Å². The summed E-state index contributed by atoms with van der Waals surface area (Å²) in [7, 11) is 0. The van der Waals surface area contributed by atoms with Crippen LogP contribution in [-0.4, -0.2) is 0 Å². The van der Waals surface area contributed by atoms with E-state index in [1.165, 1.54) is 0 Å². The maximum absolute atomic E-state index is 9.33. The van der Waals surface area contributed by atoms with Crippen LogP contribution in [0.3, 0.4) is 0 Å². The highest BCUT2D eigenvalue weighted by atomic mass is 16.3. The van der Waals surface area contributed by atoms with E-state index < -0.39 is 18.1 Å². The summed E-state index contributed by atoms with van der Waals surface area (Å²) in [5.41, 5.74) is 4.67. The lowest BCUT2D eigenvalue weighted by Gasteiger charge is -2.21. The van der Waals surface area contributed by atoms with E-state index in [1.54, 1.807) is 0 Å². The molecule has 0 amide bonds. The minimum atomic E-state index is -0.492. The lowest BCUT2D eigenvalue weighted by Crippen LogP contribution is -1.94. The van der Waals surface area contributed by atoms with Gasteiger partial charge in [-0.2, -0.15) is 0 Å². The number of hydrogen-bond acceptors (Lipinski definition) is 1. The monoisotopic (exact) mass is 581 g/mol. The van der Waals surface area contributed by atoms with Crippen molar-refractivity contribution in [1.29, 1.82) is 0 Å². The van der Waals surface area contributed by atoms with Gasteiger partial charge in [-0.25, -0.2) is 0 Å². The Balaban J connectivity index is 1.50. The van der Waals surface area contributed by atoms with E-state index >= 15 is 0 Å². The quantitative estimate of drug-likeness (QED) is 0.188. The van der Waals surface area contributed by atoms with Gasteiger partial charge in [0.25, 0.3) is 0 Å². The lowest BCUT2D eigenvalue weighted by atomic mass is 9.82. The molecule has 0 atom stereocenters. The molecule has 210 valence electrons. The van der Waals surface area contributed by atoms with Crippen molar-refractivity contribution in [3.05, 3.63) is 170 Å². The van der Waals surface area contributed by atoms with Crippen molar-refractivity contribution >= 4 is 43.5 Å². The Morgan fingerprint density at radius 2 is 0.889 bits per heavy atom. The minimum Gasteiger partial charge on any atom is -0.455 e. The maximum atomic E-state index is 9.33. The van der Waals surface area contributed by atoms with Gasteiger partial charge in [0.05, 0.1) is 12.3 Å². The number of rotatable bonds is 4. The van der Waals surface area contributed by atoms with Crippen LogP contribution < -0.4 is 0 Å². The molecule has 45 heavy (non-hydrogen) atoms. The van der Waals surface area contributed by atoms with Gasteiger partial charge in [0.2, 0.25) is 0 Å².